The highest BCUT2D eigenvalue weighted by Crippen LogP contribution is 2.50. The Hall–Kier alpha value is -2.90. The summed E-state index contributed by atoms with van der Waals surface area (Å²) in [6.45, 7) is 6.53. The van der Waals surface area contributed by atoms with E-state index in [1.807, 2.05) is 6.92 Å². The number of aryl methyl sites for hydroxylation is 2. The molecule has 2 aromatic rings. The molecule has 4 atom stereocenters. The minimum atomic E-state index is -4.67. The summed E-state index contributed by atoms with van der Waals surface area (Å²) in [5, 5.41) is 0. The zero-order valence-corrected chi connectivity index (χ0v) is 23.0. The third-order valence-electron chi connectivity index (χ3n) is 7.16. The highest BCUT2D eigenvalue weighted by Gasteiger charge is 2.69. The fraction of sp³-hybridized carbons (Fsp3) is 0.533. The first kappa shape index (κ1) is 31.3. The largest absolute Gasteiger partial charge is 0.458 e. The van der Waals surface area contributed by atoms with Gasteiger partial charge in [-0.3, -0.25) is 0 Å². The number of carbonyl (C=O) groups excluding carboxylic acids is 2. The van der Waals surface area contributed by atoms with Crippen molar-refractivity contribution in [3.05, 3.63) is 70.8 Å². The lowest BCUT2D eigenvalue weighted by Gasteiger charge is -2.44. The van der Waals surface area contributed by atoms with Crippen LogP contribution in [0.2, 0.25) is 0 Å². The van der Waals surface area contributed by atoms with Gasteiger partial charge in [0.2, 0.25) is 11.3 Å². The lowest BCUT2D eigenvalue weighted by atomic mass is 9.73. The third kappa shape index (κ3) is 7.14. The van der Waals surface area contributed by atoms with E-state index in [0.717, 1.165) is 11.1 Å². The molecule has 0 aliphatic rings. The summed E-state index contributed by atoms with van der Waals surface area (Å²) >= 11 is 0. The Kier molecular flexibility index (Phi) is 10.5. The lowest BCUT2D eigenvalue weighted by molar-refractivity contribution is -0.255. The topological polar surface area (TPSA) is 52.6 Å². The second kappa shape index (κ2) is 12.8. The molecule has 4 unspecified atom stereocenters. The summed E-state index contributed by atoms with van der Waals surface area (Å²) in [7, 11) is 0. The molecule has 2 aromatic carbocycles. The second-order valence-electron chi connectivity index (χ2n) is 10.4. The van der Waals surface area contributed by atoms with Gasteiger partial charge >= 0.3 is 17.9 Å². The van der Waals surface area contributed by atoms with Gasteiger partial charge in [-0.05, 0) is 63.8 Å². The molecular weight excluding hydrogens is 500 g/mol. The zero-order chi connectivity index (χ0) is 28.7. The number of carbonyl (C=O) groups is 2. The Labute approximate surface area is 222 Å². The Morgan fingerprint density at radius 1 is 0.763 bits per heavy atom. The van der Waals surface area contributed by atoms with Crippen molar-refractivity contribution in [2.24, 2.45) is 11.8 Å². The molecule has 0 amide bonds. The van der Waals surface area contributed by atoms with Crippen molar-refractivity contribution in [1.82, 2.24) is 0 Å². The van der Waals surface area contributed by atoms with E-state index in [1.165, 1.54) is 31.2 Å². The van der Waals surface area contributed by atoms with Gasteiger partial charge in [-0.1, -0.05) is 62.6 Å². The maximum Gasteiger partial charge on any atom is 0.338 e. The van der Waals surface area contributed by atoms with Gasteiger partial charge in [0, 0.05) is 5.92 Å². The molecule has 0 bridgehead atoms. The van der Waals surface area contributed by atoms with Gasteiger partial charge in [-0.25, -0.2) is 18.4 Å². The van der Waals surface area contributed by atoms with E-state index >= 15 is 17.6 Å². The maximum atomic E-state index is 16.7. The molecule has 0 fully saturated rings. The molecule has 0 saturated carbocycles. The number of halogens is 4. The van der Waals surface area contributed by atoms with Gasteiger partial charge in [0.15, 0.2) is 0 Å². The van der Waals surface area contributed by atoms with Crippen molar-refractivity contribution in [2.45, 2.75) is 78.1 Å². The zero-order valence-electron chi connectivity index (χ0n) is 23.0. The molecule has 4 nitrogen and oxygen atoms in total. The van der Waals surface area contributed by atoms with E-state index in [4.69, 9.17) is 9.47 Å². The minimum absolute atomic E-state index is 0.0282. The van der Waals surface area contributed by atoms with Crippen LogP contribution in [0, 0.1) is 25.7 Å². The summed E-state index contributed by atoms with van der Waals surface area (Å²) < 4.78 is 74.1. The van der Waals surface area contributed by atoms with Crippen LogP contribution < -0.4 is 0 Å². The number of esters is 2. The molecule has 0 heterocycles. The van der Waals surface area contributed by atoms with Crippen molar-refractivity contribution in [1.29, 1.82) is 0 Å². The van der Waals surface area contributed by atoms with Gasteiger partial charge in [0.1, 0.15) is 13.2 Å². The molecule has 8 heteroatoms. The molecule has 210 valence electrons. The Morgan fingerprint density at radius 3 is 1.58 bits per heavy atom. The van der Waals surface area contributed by atoms with Crippen LogP contribution in [-0.4, -0.2) is 42.4 Å². The van der Waals surface area contributed by atoms with Gasteiger partial charge in [-0.15, -0.1) is 0 Å². The number of hydrogen-bond donors (Lipinski definition) is 0. The van der Waals surface area contributed by atoms with Gasteiger partial charge in [-0.2, -0.15) is 8.78 Å². The van der Waals surface area contributed by atoms with Crippen molar-refractivity contribution < 1.29 is 36.6 Å². The van der Waals surface area contributed by atoms with Gasteiger partial charge in [0.05, 0.1) is 11.1 Å². The van der Waals surface area contributed by atoms with E-state index in [2.05, 4.69) is 0 Å². The maximum absolute atomic E-state index is 16.7. The third-order valence-corrected chi connectivity index (χ3v) is 7.16. The van der Waals surface area contributed by atoms with E-state index in [9.17, 15) is 9.59 Å². The molecule has 0 aliphatic carbocycles. The molecule has 38 heavy (non-hydrogen) atoms. The number of benzene rings is 2. The molecule has 0 spiro atoms. The fourth-order valence-corrected chi connectivity index (χ4v) is 4.24. The summed E-state index contributed by atoms with van der Waals surface area (Å²) in [6.07, 6.45) is 0.584. The second-order valence-corrected chi connectivity index (χ2v) is 10.4. The van der Waals surface area contributed by atoms with Crippen LogP contribution in [-0.2, 0) is 9.47 Å². The molecule has 2 rings (SSSR count). The monoisotopic (exact) mass is 538 g/mol. The Bertz CT molecular complexity index is 1070. The first-order valence-electron chi connectivity index (χ1n) is 12.9. The van der Waals surface area contributed by atoms with Crippen molar-refractivity contribution >= 4 is 11.9 Å². The molecule has 0 radical (unpaired) electrons. The summed E-state index contributed by atoms with van der Waals surface area (Å²) in [5.41, 5.74) is -5.33. The molecular formula is C30H38F4O4. The van der Waals surface area contributed by atoms with E-state index in [1.54, 1.807) is 45.0 Å². The van der Waals surface area contributed by atoms with Crippen LogP contribution >= 0.6 is 0 Å². The van der Waals surface area contributed by atoms with Crippen molar-refractivity contribution in [2.75, 3.05) is 13.2 Å². The molecule has 0 N–H and O–H groups in total. The highest BCUT2D eigenvalue weighted by molar-refractivity contribution is 5.90. The number of ether oxygens (including phenoxy) is 2. The van der Waals surface area contributed by atoms with E-state index < -0.39 is 48.3 Å². The Morgan fingerprint density at radius 2 is 1.18 bits per heavy atom. The van der Waals surface area contributed by atoms with Crippen molar-refractivity contribution in [3.63, 3.8) is 0 Å². The smallest absolute Gasteiger partial charge is 0.338 e. The van der Waals surface area contributed by atoms with Crippen LogP contribution in [0.5, 0.6) is 0 Å². The van der Waals surface area contributed by atoms with Crippen LogP contribution in [0.4, 0.5) is 17.6 Å². The molecule has 0 aromatic heterocycles. The summed E-state index contributed by atoms with van der Waals surface area (Å²) in [6, 6.07) is 12.2. The summed E-state index contributed by atoms with van der Waals surface area (Å²) in [4.78, 5) is 24.9. The van der Waals surface area contributed by atoms with Crippen LogP contribution in [0.15, 0.2) is 48.5 Å². The van der Waals surface area contributed by atoms with E-state index in [-0.39, 0.29) is 29.9 Å². The molecule has 0 saturated heterocycles. The van der Waals surface area contributed by atoms with Gasteiger partial charge in [0.25, 0.3) is 0 Å². The van der Waals surface area contributed by atoms with Crippen LogP contribution in [0.25, 0.3) is 0 Å². The summed E-state index contributed by atoms with van der Waals surface area (Å²) in [5.74, 6) is -8.14. The van der Waals surface area contributed by atoms with Crippen molar-refractivity contribution in [3.8, 4) is 0 Å². The van der Waals surface area contributed by atoms with Gasteiger partial charge < -0.3 is 9.47 Å². The Balaban J connectivity index is 2.34. The van der Waals surface area contributed by atoms with Crippen LogP contribution in [0.3, 0.4) is 0 Å². The predicted octanol–water partition coefficient (Wildman–Crippen LogP) is 7.85. The number of hydrogen-bond acceptors (Lipinski definition) is 4. The average Bonchev–Trinajstić information content (AvgIpc) is 2.89. The number of rotatable bonds is 13. The predicted molar refractivity (Wildman–Crippen MR) is 139 cm³/mol. The first-order chi connectivity index (χ1) is 17.7. The quantitative estimate of drug-likeness (QED) is 0.193. The first-order valence-corrected chi connectivity index (χ1v) is 12.9. The van der Waals surface area contributed by atoms with E-state index in [0.29, 0.717) is 13.3 Å². The standard InChI is InChI=1S/C30H38F4O4/c1-7-20(3)17-25(8-2)29(32,19-38-27(36)24-15-11-22(5)12-16-24)30(33,34)28(6,31)18-37-26(35)23-13-9-21(4)10-14-23/h9-16,20,25H,7-8,17-19H2,1-6H3. The highest BCUT2D eigenvalue weighted by atomic mass is 19.3. The number of alkyl halides is 4. The fourth-order valence-electron chi connectivity index (χ4n) is 4.24. The lowest BCUT2D eigenvalue weighted by Crippen LogP contribution is -2.64. The molecule has 0 aliphatic heterocycles. The van der Waals surface area contributed by atoms with Crippen LogP contribution in [0.1, 0.15) is 78.8 Å². The SMILES string of the molecule is CCC(C)CC(CC)C(F)(COC(=O)c1ccc(C)cc1)C(F)(F)C(C)(F)COC(=O)c1ccc(C)cc1. The normalized spacial score (nSPS) is 16.6. The average molecular weight is 539 g/mol. The minimum Gasteiger partial charge on any atom is -0.458 e.